The maximum Gasteiger partial charge on any atom is 0.169 e. The minimum absolute atomic E-state index is 0.160. The third-order valence-electron chi connectivity index (χ3n) is 2.10. The molecule has 0 saturated carbocycles. The molecule has 0 aliphatic rings. The number of aryl methyl sites for hydroxylation is 1. The number of aromatic nitrogens is 2. The highest BCUT2D eigenvalue weighted by Gasteiger charge is 2.06. The molecule has 0 aromatic carbocycles. The van der Waals surface area contributed by atoms with Crippen LogP contribution in [-0.2, 0) is 23.1 Å². The number of ether oxygens (including phenoxy) is 2. The van der Waals surface area contributed by atoms with Crippen LogP contribution in [0.25, 0.3) is 0 Å². The lowest BCUT2D eigenvalue weighted by atomic mass is 10.3. The molecule has 1 aromatic rings. The molecule has 0 fully saturated rings. The highest BCUT2D eigenvalue weighted by Crippen LogP contribution is 1.97. The van der Waals surface area contributed by atoms with Gasteiger partial charge in [0, 0.05) is 45.1 Å². The lowest BCUT2D eigenvalue weighted by molar-refractivity contribution is -0.133. The van der Waals surface area contributed by atoms with Crippen molar-refractivity contribution in [3.8, 4) is 0 Å². The number of hydrogen-bond acceptors (Lipinski definition) is 4. The maximum absolute atomic E-state index is 5.42. The van der Waals surface area contributed by atoms with Gasteiger partial charge >= 0.3 is 0 Å². The van der Waals surface area contributed by atoms with E-state index in [0.29, 0.717) is 19.8 Å². The zero-order valence-electron chi connectivity index (χ0n) is 10.3. The number of nitrogens with zero attached hydrogens (tertiary/aromatic N) is 2. The highest BCUT2D eigenvalue weighted by molar-refractivity contribution is 5.02. The Balaban J connectivity index is 2.21. The molecular formula is C11H21N3O2. The summed E-state index contributed by atoms with van der Waals surface area (Å²) in [5.41, 5.74) is 1.16. The van der Waals surface area contributed by atoms with E-state index >= 15 is 0 Å². The van der Waals surface area contributed by atoms with Gasteiger partial charge in [-0.2, -0.15) is 5.10 Å². The zero-order valence-corrected chi connectivity index (χ0v) is 10.3. The van der Waals surface area contributed by atoms with Crippen molar-refractivity contribution < 1.29 is 9.47 Å². The number of hydrogen-bond donors (Lipinski definition) is 1. The average molecular weight is 227 g/mol. The normalized spacial score (nSPS) is 11.2. The lowest BCUT2D eigenvalue weighted by Gasteiger charge is -2.17. The third kappa shape index (κ3) is 4.74. The fourth-order valence-electron chi connectivity index (χ4n) is 1.44. The quantitative estimate of drug-likeness (QED) is 0.671. The first-order valence-electron chi connectivity index (χ1n) is 5.67. The van der Waals surface area contributed by atoms with Crippen LogP contribution in [0.1, 0.15) is 19.4 Å². The van der Waals surface area contributed by atoms with Gasteiger partial charge in [-0.15, -0.1) is 0 Å². The Hall–Kier alpha value is -0.910. The molecule has 0 spiro atoms. The molecular weight excluding hydrogens is 206 g/mol. The first-order valence-corrected chi connectivity index (χ1v) is 5.67. The summed E-state index contributed by atoms with van der Waals surface area (Å²) >= 11 is 0. The Morgan fingerprint density at radius 2 is 2.06 bits per heavy atom. The van der Waals surface area contributed by atoms with Gasteiger partial charge in [-0.3, -0.25) is 4.68 Å². The van der Waals surface area contributed by atoms with Gasteiger partial charge < -0.3 is 14.8 Å². The Kier molecular flexibility index (Phi) is 6.07. The van der Waals surface area contributed by atoms with Crippen LogP contribution in [0, 0.1) is 0 Å². The van der Waals surface area contributed by atoms with Crippen molar-refractivity contribution in [1.82, 2.24) is 15.1 Å². The first kappa shape index (κ1) is 13.2. The molecule has 1 heterocycles. The fraction of sp³-hybridized carbons (Fsp3) is 0.727. The summed E-state index contributed by atoms with van der Waals surface area (Å²) < 4.78 is 12.6. The average Bonchev–Trinajstić information content (AvgIpc) is 2.65. The van der Waals surface area contributed by atoms with Crippen LogP contribution in [0.5, 0.6) is 0 Å². The lowest BCUT2D eigenvalue weighted by Crippen LogP contribution is -2.31. The molecule has 16 heavy (non-hydrogen) atoms. The minimum Gasteiger partial charge on any atom is -0.352 e. The second-order valence-corrected chi connectivity index (χ2v) is 3.49. The van der Waals surface area contributed by atoms with Crippen molar-refractivity contribution in [1.29, 1.82) is 0 Å². The number of rotatable bonds is 8. The van der Waals surface area contributed by atoms with E-state index in [4.69, 9.17) is 9.47 Å². The van der Waals surface area contributed by atoms with E-state index in [1.807, 2.05) is 33.3 Å². The van der Waals surface area contributed by atoms with Crippen molar-refractivity contribution in [2.45, 2.75) is 26.7 Å². The van der Waals surface area contributed by atoms with Crippen molar-refractivity contribution in [3.63, 3.8) is 0 Å². The molecule has 0 bridgehead atoms. The predicted octanol–water partition coefficient (Wildman–Crippen LogP) is 0.909. The monoisotopic (exact) mass is 227 g/mol. The van der Waals surface area contributed by atoms with Crippen LogP contribution in [0.4, 0.5) is 0 Å². The van der Waals surface area contributed by atoms with Crippen molar-refractivity contribution in [2.75, 3.05) is 19.8 Å². The van der Waals surface area contributed by atoms with E-state index in [2.05, 4.69) is 10.4 Å². The van der Waals surface area contributed by atoms with Gasteiger partial charge in [0.15, 0.2) is 6.29 Å². The van der Waals surface area contributed by atoms with Crippen LogP contribution in [-0.4, -0.2) is 35.8 Å². The molecule has 92 valence electrons. The molecule has 1 N–H and O–H groups in total. The zero-order chi connectivity index (χ0) is 11.8. The van der Waals surface area contributed by atoms with Gasteiger partial charge in [0.25, 0.3) is 0 Å². The van der Waals surface area contributed by atoms with Crippen LogP contribution in [0.3, 0.4) is 0 Å². The molecule has 0 radical (unpaired) electrons. The standard InChI is InChI=1S/C11H21N3O2/c1-4-15-11(16-5-2)8-12-6-10-7-13-14(3)9-10/h7,9,11-12H,4-6,8H2,1-3H3. The van der Waals surface area contributed by atoms with Gasteiger partial charge in [0.2, 0.25) is 0 Å². The maximum atomic E-state index is 5.42. The summed E-state index contributed by atoms with van der Waals surface area (Å²) in [7, 11) is 1.91. The summed E-state index contributed by atoms with van der Waals surface area (Å²) in [6, 6.07) is 0. The van der Waals surface area contributed by atoms with Crippen LogP contribution in [0.2, 0.25) is 0 Å². The molecule has 5 nitrogen and oxygen atoms in total. The Morgan fingerprint density at radius 1 is 1.38 bits per heavy atom. The van der Waals surface area contributed by atoms with Gasteiger partial charge in [0.1, 0.15) is 0 Å². The van der Waals surface area contributed by atoms with Gasteiger partial charge in [-0.1, -0.05) is 0 Å². The molecule has 1 rings (SSSR count). The summed E-state index contributed by atoms with van der Waals surface area (Å²) in [6.45, 7) is 6.74. The molecule has 0 unspecified atom stereocenters. The Labute approximate surface area is 96.7 Å². The first-order chi connectivity index (χ1) is 7.76. The highest BCUT2D eigenvalue weighted by atomic mass is 16.7. The van der Waals surface area contributed by atoms with Crippen LogP contribution >= 0.6 is 0 Å². The van der Waals surface area contributed by atoms with Crippen molar-refractivity contribution in [2.24, 2.45) is 7.05 Å². The van der Waals surface area contributed by atoms with E-state index in [-0.39, 0.29) is 6.29 Å². The molecule has 1 aromatic heterocycles. The number of nitrogens with one attached hydrogen (secondary N) is 1. The largest absolute Gasteiger partial charge is 0.352 e. The van der Waals surface area contributed by atoms with Crippen LogP contribution < -0.4 is 5.32 Å². The summed E-state index contributed by atoms with van der Waals surface area (Å²) in [4.78, 5) is 0. The molecule has 0 amide bonds. The van der Waals surface area contributed by atoms with Gasteiger partial charge in [-0.25, -0.2) is 0 Å². The minimum atomic E-state index is -0.160. The predicted molar refractivity (Wildman–Crippen MR) is 62.0 cm³/mol. The third-order valence-corrected chi connectivity index (χ3v) is 2.10. The molecule has 0 saturated heterocycles. The smallest absolute Gasteiger partial charge is 0.169 e. The van der Waals surface area contributed by atoms with Crippen molar-refractivity contribution in [3.05, 3.63) is 18.0 Å². The van der Waals surface area contributed by atoms with Gasteiger partial charge in [0.05, 0.1) is 6.20 Å². The topological polar surface area (TPSA) is 48.3 Å². The molecule has 5 heteroatoms. The fourth-order valence-corrected chi connectivity index (χ4v) is 1.44. The molecule has 0 atom stereocenters. The van der Waals surface area contributed by atoms with E-state index in [9.17, 15) is 0 Å². The SMILES string of the molecule is CCOC(CNCc1cnn(C)c1)OCC. The molecule has 0 aliphatic heterocycles. The Bertz CT molecular complexity index is 283. The summed E-state index contributed by atoms with van der Waals surface area (Å²) in [5, 5.41) is 7.38. The molecule has 0 aliphatic carbocycles. The van der Waals surface area contributed by atoms with E-state index < -0.39 is 0 Å². The second-order valence-electron chi connectivity index (χ2n) is 3.49. The van der Waals surface area contributed by atoms with Crippen LogP contribution in [0.15, 0.2) is 12.4 Å². The van der Waals surface area contributed by atoms with Crippen molar-refractivity contribution >= 4 is 0 Å². The second kappa shape index (κ2) is 7.38. The van der Waals surface area contributed by atoms with E-state index in [0.717, 1.165) is 12.1 Å². The summed E-state index contributed by atoms with van der Waals surface area (Å²) in [6.07, 6.45) is 3.68. The Morgan fingerprint density at radius 3 is 2.56 bits per heavy atom. The van der Waals surface area contributed by atoms with Gasteiger partial charge in [-0.05, 0) is 13.8 Å². The van der Waals surface area contributed by atoms with E-state index in [1.54, 1.807) is 4.68 Å². The summed E-state index contributed by atoms with van der Waals surface area (Å²) in [5.74, 6) is 0. The van der Waals surface area contributed by atoms with E-state index in [1.165, 1.54) is 0 Å².